The van der Waals surface area contributed by atoms with Gasteiger partial charge in [0.2, 0.25) is 0 Å². The molecule has 186 valence electrons. The molecule has 6 nitrogen and oxygen atoms in total. The number of carbonyl (C=O) groups excluding carboxylic acids is 1. The van der Waals surface area contributed by atoms with Crippen molar-refractivity contribution in [1.29, 1.82) is 0 Å². The summed E-state index contributed by atoms with van der Waals surface area (Å²) in [6, 6.07) is 19.5. The molecule has 1 N–H and O–H groups in total. The van der Waals surface area contributed by atoms with Crippen LogP contribution in [0.15, 0.2) is 72.8 Å². The molecule has 1 saturated heterocycles. The Bertz CT molecular complexity index is 1370. The Morgan fingerprint density at radius 1 is 0.833 bits per heavy atom. The van der Waals surface area contributed by atoms with Crippen molar-refractivity contribution < 1.29 is 13.6 Å². The molecule has 0 radical (unpaired) electrons. The van der Waals surface area contributed by atoms with E-state index in [1.165, 1.54) is 24.3 Å². The van der Waals surface area contributed by atoms with E-state index in [1.54, 1.807) is 29.2 Å². The largest absolute Gasteiger partial charge is 0.348 e. The molecule has 3 aromatic carbocycles. The third-order valence-corrected chi connectivity index (χ3v) is 6.40. The van der Waals surface area contributed by atoms with Crippen LogP contribution in [0.5, 0.6) is 0 Å². The number of hydrogen-bond donors (Lipinski definition) is 1. The minimum absolute atomic E-state index is 0. The molecule has 9 heteroatoms. The number of aromatic nitrogens is 2. The summed E-state index contributed by atoms with van der Waals surface area (Å²) in [7, 11) is 0. The monoisotopic (exact) mass is 509 g/mol. The summed E-state index contributed by atoms with van der Waals surface area (Å²) in [5.74, 6) is 0.105. The highest BCUT2D eigenvalue weighted by Gasteiger charge is 2.34. The molecule has 1 fully saturated rings. The molecule has 2 atom stereocenters. The van der Waals surface area contributed by atoms with Gasteiger partial charge in [0.25, 0.3) is 0 Å². The molecular weight excluding hydrogens is 484 g/mol. The molecule has 0 saturated carbocycles. The number of rotatable bonds is 3. The summed E-state index contributed by atoms with van der Waals surface area (Å²) in [6.07, 6.45) is 0. The van der Waals surface area contributed by atoms with Crippen molar-refractivity contribution in [2.24, 2.45) is 0 Å². The number of benzene rings is 3. The molecule has 0 aliphatic carbocycles. The molecule has 1 aliphatic rings. The van der Waals surface area contributed by atoms with Crippen LogP contribution in [0.3, 0.4) is 0 Å². The number of amides is 2. The number of halogens is 3. The molecule has 0 unspecified atom stereocenters. The van der Waals surface area contributed by atoms with E-state index >= 15 is 0 Å². The quantitative estimate of drug-likeness (QED) is 0.361. The smallest absolute Gasteiger partial charge is 0.322 e. The van der Waals surface area contributed by atoms with Crippen LogP contribution in [0.25, 0.3) is 22.0 Å². The Morgan fingerprint density at radius 3 is 2.11 bits per heavy atom. The predicted molar refractivity (Wildman–Crippen MR) is 141 cm³/mol. The summed E-state index contributed by atoms with van der Waals surface area (Å²) in [6.45, 7) is 5.11. The number of hydrogen-bond acceptors (Lipinski definition) is 4. The van der Waals surface area contributed by atoms with Crippen LogP contribution >= 0.6 is 12.4 Å². The Hall–Kier alpha value is -3.78. The number of anilines is 2. The molecule has 0 spiro atoms. The maximum atomic E-state index is 13.4. The van der Waals surface area contributed by atoms with E-state index in [2.05, 4.69) is 20.4 Å². The SMILES string of the molecule is C[C@H]1CN(c2nnc(-c3ccc(F)cc3)c3ccccc23)[C@@H](C)CN1C(=O)Nc1ccc(F)cc1.Cl. The fourth-order valence-electron chi connectivity index (χ4n) is 4.56. The first-order valence-electron chi connectivity index (χ1n) is 11.5. The number of piperazine rings is 1. The van der Waals surface area contributed by atoms with Crippen LogP contribution < -0.4 is 10.2 Å². The fourth-order valence-corrected chi connectivity index (χ4v) is 4.56. The highest BCUT2D eigenvalue weighted by molar-refractivity contribution is 6.00. The zero-order chi connectivity index (χ0) is 24.5. The number of nitrogens with one attached hydrogen (secondary N) is 1. The predicted octanol–water partition coefficient (Wildman–Crippen LogP) is 6.13. The van der Waals surface area contributed by atoms with Crippen LogP contribution in [-0.4, -0.2) is 46.3 Å². The Labute approximate surface area is 214 Å². The molecule has 4 aromatic rings. The highest BCUT2D eigenvalue weighted by atomic mass is 35.5. The molecular formula is C27H26ClF2N5O. The lowest BCUT2D eigenvalue weighted by Gasteiger charge is -2.44. The van der Waals surface area contributed by atoms with Gasteiger partial charge in [-0.25, -0.2) is 13.6 Å². The maximum Gasteiger partial charge on any atom is 0.322 e. The van der Waals surface area contributed by atoms with Gasteiger partial charge in [0, 0.05) is 47.2 Å². The maximum absolute atomic E-state index is 13.4. The highest BCUT2D eigenvalue weighted by Crippen LogP contribution is 2.33. The minimum atomic E-state index is -0.350. The zero-order valence-electron chi connectivity index (χ0n) is 19.9. The molecule has 5 rings (SSSR count). The van der Waals surface area contributed by atoms with Gasteiger partial charge in [-0.1, -0.05) is 24.3 Å². The van der Waals surface area contributed by atoms with Gasteiger partial charge in [-0.3, -0.25) is 0 Å². The van der Waals surface area contributed by atoms with Crippen molar-refractivity contribution in [3.8, 4) is 11.3 Å². The summed E-state index contributed by atoms with van der Waals surface area (Å²) < 4.78 is 26.6. The second kappa shape index (κ2) is 10.5. The van der Waals surface area contributed by atoms with E-state index < -0.39 is 0 Å². The van der Waals surface area contributed by atoms with Gasteiger partial charge in [-0.15, -0.1) is 22.6 Å². The normalized spacial score (nSPS) is 17.6. The first kappa shape index (κ1) is 25.3. The second-order valence-corrected chi connectivity index (χ2v) is 8.86. The van der Waals surface area contributed by atoms with Gasteiger partial charge in [0.05, 0.1) is 0 Å². The van der Waals surface area contributed by atoms with E-state index in [0.29, 0.717) is 24.5 Å². The third kappa shape index (κ3) is 4.95. The average molecular weight is 510 g/mol. The van der Waals surface area contributed by atoms with Crippen LogP contribution in [-0.2, 0) is 0 Å². The van der Waals surface area contributed by atoms with E-state index in [0.717, 1.165) is 22.2 Å². The van der Waals surface area contributed by atoms with E-state index in [9.17, 15) is 13.6 Å². The van der Waals surface area contributed by atoms with Crippen LogP contribution in [0.4, 0.5) is 25.1 Å². The average Bonchev–Trinajstić information content (AvgIpc) is 2.86. The lowest BCUT2D eigenvalue weighted by atomic mass is 10.0. The second-order valence-electron chi connectivity index (χ2n) is 8.86. The number of urea groups is 1. The Morgan fingerprint density at radius 2 is 1.44 bits per heavy atom. The van der Waals surface area contributed by atoms with Gasteiger partial charge in [0.15, 0.2) is 5.82 Å². The fraction of sp³-hybridized carbons (Fsp3) is 0.222. The van der Waals surface area contributed by atoms with E-state index in [4.69, 9.17) is 0 Å². The first-order chi connectivity index (χ1) is 16.9. The topological polar surface area (TPSA) is 61.4 Å². The molecule has 0 bridgehead atoms. The summed E-state index contributed by atoms with van der Waals surface area (Å²) in [5.41, 5.74) is 2.04. The Balaban J connectivity index is 0.00000304. The molecule has 1 aromatic heterocycles. The van der Waals surface area contributed by atoms with Gasteiger partial charge < -0.3 is 15.1 Å². The van der Waals surface area contributed by atoms with Gasteiger partial charge in [0.1, 0.15) is 17.3 Å². The number of nitrogens with zero attached hydrogens (tertiary/aromatic N) is 4. The van der Waals surface area contributed by atoms with Gasteiger partial charge in [-0.05, 0) is 62.4 Å². The molecule has 2 heterocycles. The van der Waals surface area contributed by atoms with Crippen LogP contribution in [0, 0.1) is 11.6 Å². The lowest BCUT2D eigenvalue weighted by molar-refractivity contribution is 0.173. The molecule has 2 amide bonds. The standard InChI is InChI=1S/C27H25F2N5O.ClH/c1-17-16-34(27(35)30-22-13-11-21(29)12-14-22)18(2)15-33(17)26-24-6-4-3-5-23(24)25(31-32-26)19-7-9-20(28)10-8-19;/h3-14,17-18H,15-16H2,1-2H3,(H,30,35);1H/t17-,18-;/m0./s1. The molecule has 1 aliphatic heterocycles. The number of carbonyl (C=O) groups is 1. The lowest BCUT2D eigenvalue weighted by Crippen LogP contribution is -2.59. The van der Waals surface area contributed by atoms with Crippen molar-refractivity contribution in [3.05, 3.63) is 84.4 Å². The first-order valence-corrected chi connectivity index (χ1v) is 11.5. The van der Waals surface area contributed by atoms with E-state index in [-0.39, 0.29) is 42.2 Å². The van der Waals surface area contributed by atoms with E-state index in [1.807, 2.05) is 38.1 Å². The van der Waals surface area contributed by atoms with Crippen molar-refractivity contribution >= 4 is 40.7 Å². The summed E-state index contributed by atoms with van der Waals surface area (Å²) in [5, 5.41) is 13.8. The van der Waals surface area contributed by atoms with Crippen molar-refractivity contribution in [1.82, 2.24) is 15.1 Å². The van der Waals surface area contributed by atoms with Crippen molar-refractivity contribution in [2.75, 3.05) is 23.3 Å². The Kier molecular flexibility index (Phi) is 7.35. The van der Waals surface area contributed by atoms with Crippen molar-refractivity contribution in [3.63, 3.8) is 0 Å². The van der Waals surface area contributed by atoms with Crippen LogP contribution in [0.2, 0.25) is 0 Å². The summed E-state index contributed by atoms with van der Waals surface area (Å²) >= 11 is 0. The van der Waals surface area contributed by atoms with Crippen LogP contribution in [0.1, 0.15) is 13.8 Å². The summed E-state index contributed by atoms with van der Waals surface area (Å²) in [4.78, 5) is 16.9. The molecule has 36 heavy (non-hydrogen) atoms. The van der Waals surface area contributed by atoms with Crippen molar-refractivity contribution in [2.45, 2.75) is 25.9 Å². The zero-order valence-corrected chi connectivity index (χ0v) is 20.7. The minimum Gasteiger partial charge on any atom is -0.348 e. The van der Waals surface area contributed by atoms with Gasteiger partial charge in [-0.2, -0.15) is 0 Å². The van der Waals surface area contributed by atoms with Gasteiger partial charge >= 0.3 is 6.03 Å². The third-order valence-electron chi connectivity index (χ3n) is 6.40. The number of fused-ring (bicyclic) bond motifs is 1.